The standard InChI is InChI=1S/C21H24N6O.ClH/c1-15-4-8-18(9-5-15)27-20(17-7-6-16(2)22-14-17)23-19(24-27)21(28)26-12-10-25(3)11-13-26;/h4-9,14H,10-13H2,1-3H3;1H. The van der Waals surface area contributed by atoms with Crippen molar-refractivity contribution < 1.29 is 4.79 Å². The van der Waals surface area contributed by atoms with Crippen LogP contribution in [-0.4, -0.2) is 68.7 Å². The fourth-order valence-corrected chi connectivity index (χ4v) is 3.21. The van der Waals surface area contributed by atoms with Gasteiger partial charge in [-0.2, -0.15) is 0 Å². The van der Waals surface area contributed by atoms with Crippen molar-refractivity contribution in [3.8, 4) is 17.1 Å². The molecular formula is C21H25ClN6O. The van der Waals surface area contributed by atoms with E-state index in [-0.39, 0.29) is 24.1 Å². The van der Waals surface area contributed by atoms with Crippen LogP contribution in [0, 0.1) is 13.8 Å². The molecule has 152 valence electrons. The van der Waals surface area contributed by atoms with Crippen LogP contribution in [0.25, 0.3) is 17.1 Å². The van der Waals surface area contributed by atoms with E-state index in [9.17, 15) is 4.79 Å². The Morgan fingerprint density at radius 1 is 0.966 bits per heavy atom. The fourth-order valence-electron chi connectivity index (χ4n) is 3.21. The zero-order chi connectivity index (χ0) is 19.7. The Morgan fingerprint density at radius 3 is 2.28 bits per heavy atom. The van der Waals surface area contributed by atoms with Crippen LogP contribution in [0.4, 0.5) is 0 Å². The summed E-state index contributed by atoms with van der Waals surface area (Å²) in [4.78, 5) is 26.0. The minimum Gasteiger partial charge on any atom is -0.333 e. The van der Waals surface area contributed by atoms with E-state index in [1.807, 2.05) is 55.1 Å². The third-order valence-corrected chi connectivity index (χ3v) is 5.04. The molecule has 0 aliphatic carbocycles. The van der Waals surface area contributed by atoms with Crippen molar-refractivity contribution in [1.82, 2.24) is 29.5 Å². The first kappa shape index (κ1) is 21.0. The number of pyridine rings is 1. The number of benzene rings is 1. The molecule has 0 spiro atoms. The summed E-state index contributed by atoms with van der Waals surface area (Å²) in [6, 6.07) is 11.9. The van der Waals surface area contributed by atoms with Gasteiger partial charge in [-0.25, -0.2) is 9.67 Å². The van der Waals surface area contributed by atoms with Crippen LogP contribution in [0.2, 0.25) is 0 Å². The van der Waals surface area contributed by atoms with Crippen molar-refractivity contribution in [2.45, 2.75) is 13.8 Å². The van der Waals surface area contributed by atoms with Crippen molar-refractivity contribution in [2.24, 2.45) is 0 Å². The summed E-state index contributed by atoms with van der Waals surface area (Å²) >= 11 is 0. The number of hydrogen-bond donors (Lipinski definition) is 0. The molecule has 4 rings (SSSR count). The number of carbonyl (C=O) groups is 1. The van der Waals surface area contributed by atoms with E-state index in [0.717, 1.165) is 35.6 Å². The number of likely N-dealkylation sites (N-methyl/N-ethyl adjacent to an activating group) is 1. The second-order valence-electron chi connectivity index (χ2n) is 7.29. The van der Waals surface area contributed by atoms with Gasteiger partial charge in [0.05, 0.1) is 5.69 Å². The molecule has 3 aromatic rings. The summed E-state index contributed by atoms with van der Waals surface area (Å²) in [5.74, 6) is 0.717. The second kappa shape index (κ2) is 8.71. The predicted octanol–water partition coefficient (Wildman–Crippen LogP) is 2.76. The zero-order valence-electron chi connectivity index (χ0n) is 16.9. The van der Waals surface area contributed by atoms with Crippen molar-refractivity contribution in [3.63, 3.8) is 0 Å². The third kappa shape index (κ3) is 4.46. The lowest BCUT2D eigenvalue weighted by Gasteiger charge is -2.31. The Kier molecular flexibility index (Phi) is 6.30. The number of nitrogens with zero attached hydrogens (tertiary/aromatic N) is 6. The Balaban J connectivity index is 0.00000240. The maximum Gasteiger partial charge on any atom is 0.293 e. The first-order valence-corrected chi connectivity index (χ1v) is 9.46. The molecule has 29 heavy (non-hydrogen) atoms. The summed E-state index contributed by atoms with van der Waals surface area (Å²) in [5, 5.41) is 4.58. The van der Waals surface area contributed by atoms with Crippen LogP contribution in [-0.2, 0) is 0 Å². The minimum atomic E-state index is -0.125. The highest BCUT2D eigenvalue weighted by atomic mass is 35.5. The predicted molar refractivity (Wildman–Crippen MR) is 115 cm³/mol. The van der Waals surface area contributed by atoms with Crippen LogP contribution >= 0.6 is 12.4 Å². The number of halogens is 1. The largest absolute Gasteiger partial charge is 0.333 e. The van der Waals surface area contributed by atoms with Crippen LogP contribution in [0.1, 0.15) is 21.9 Å². The lowest BCUT2D eigenvalue weighted by molar-refractivity contribution is 0.0652. The minimum absolute atomic E-state index is 0. The van der Waals surface area contributed by atoms with Gasteiger partial charge in [0.15, 0.2) is 5.82 Å². The van der Waals surface area contributed by atoms with Crippen LogP contribution in [0.5, 0.6) is 0 Å². The maximum atomic E-state index is 13.0. The number of rotatable bonds is 3. The van der Waals surface area contributed by atoms with E-state index in [1.54, 1.807) is 10.9 Å². The highest BCUT2D eigenvalue weighted by Gasteiger charge is 2.25. The smallest absolute Gasteiger partial charge is 0.293 e. The number of aryl methyl sites for hydroxylation is 2. The Bertz CT molecular complexity index is 912. The normalized spacial score (nSPS) is 14.5. The van der Waals surface area contributed by atoms with Crippen molar-refractivity contribution in [2.75, 3.05) is 33.2 Å². The summed E-state index contributed by atoms with van der Waals surface area (Å²) < 4.78 is 1.73. The average Bonchev–Trinajstić information content (AvgIpc) is 3.14. The molecule has 1 aromatic carbocycles. The quantitative estimate of drug-likeness (QED) is 0.661. The van der Waals surface area contributed by atoms with Gasteiger partial charge in [0.1, 0.15) is 0 Å². The van der Waals surface area contributed by atoms with E-state index in [0.29, 0.717) is 18.9 Å². The molecule has 7 nitrogen and oxygen atoms in total. The number of piperazine rings is 1. The Hall–Kier alpha value is -2.77. The summed E-state index contributed by atoms with van der Waals surface area (Å²) in [6.07, 6.45) is 1.77. The summed E-state index contributed by atoms with van der Waals surface area (Å²) in [6.45, 7) is 7.08. The summed E-state index contributed by atoms with van der Waals surface area (Å²) in [5.41, 5.74) is 3.79. The molecule has 0 radical (unpaired) electrons. The van der Waals surface area contributed by atoms with E-state index in [2.05, 4.69) is 27.0 Å². The Morgan fingerprint density at radius 2 is 1.66 bits per heavy atom. The lowest BCUT2D eigenvalue weighted by atomic mass is 10.2. The molecule has 2 aromatic heterocycles. The molecule has 1 aliphatic rings. The molecule has 1 fully saturated rings. The van der Waals surface area contributed by atoms with Gasteiger partial charge in [-0.05, 0) is 45.2 Å². The molecule has 0 bridgehead atoms. The van der Waals surface area contributed by atoms with Crippen molar-refractivity contribution >= 4 is 18.3 Å². The van der Waals surface area contributed by atoms with Crippen LogP contribution in [0.15, 0.2) is 42.6 Å². The number of hydrogen-bond acceptors (Lipinski definition) is 5. The van der Waals surface area contributed by atoms with Gasteiger partial charge in [-0.15, -0.1) is 17.5 Å². The van der Waals surface area contributed by atoms with Gasteiger partial charge in [0.25, 0.3) is 5.91 Å². The van der Waals surface area contributed by atoms with E-state index in [4.69, 9.17) is 0 Å². The molecule has 8 heteroatoms. The van der Waals surface area contributed by atoms with E-state index in [1.165, 1.54) is 0 Å². The summed E-state index contributed by atoms with van der Waals surface area (Å²) in [7, 11) is 2.06. The number of carbonyl (C=O) groups excluding carboxylic acids is 1. The topological polar surface area (TPSA) is 67.2 Å². The third-order valence-electron chi connectivity index (χ3n) is 5.04. The fraction of sp³-hybridized carbons (Fsp3) is 0.333. The number of amides is 1. The molecule has 1 saturated heterocycles. The van der Waals surface area contributed by atoms with Crippen molar-refractivity contribution in [1.29, 1.82) is 0 Å². The van der Waals surface area contributed by atoms with Gasteiger partial charge in [-0.3, -0.25) is 9.78 Å². The average molecular weight is 413 g/mol. The van der Waals surface area contributed by atoms with Gasteiger partial charge in [0, 0.05) is 43.6 Å². The van der Waals surface area contributed by atoms with Gasteiger partial charge >= 0.3 is 0 Å². The molecule has 0 atom stereocenters. The monoisotopic (exact) mass is 412 g/mol. The van der Waals surface area contributed by atoms with Crippen LogP contribution in [0.3, 0.4) is 0 Å². The van der Waals surface area contributed by atoms with Crippen molar-refractivity contribution in [3.05, 3.63) is 59.7 Å². The first-order chi connectivity index (χ1) is 13.5. The molecule has 0 N–H and O–H groups in total. The molecule has 1 amide bonds. The van der Waals surface area contributed by atoms with Crippen LogP contribution < -0.4 is 0 Å². The maximum absolute atomic E-state index is 13.0. The van der Waals surface area contributed by atoms with E-state index < -0.39 is 0 Å². The van der Waals surface area contributed by atoms with E-state index >= 15 is 0 Å². The molecule has 1 aliphatic heterocycles. The van der Waals surface area contributed by atoms with Gasteiger partial charge < -0.3 is 9.80 Å². The molecule has 0 saturated carbocycles. The SMILES string of the molecule is Cc1ccc(-n2nc(C(=O)N3CCN(C)CC3)nc2-c2ccc(C)nc2)cc1.Cl. The molecular weight excluding hydrogens is 388 g/mol. The second-order valence-corrected chi connectivity index (χ2v) is 7.29. The van der Waals surface area contributed by atoms with Gasteiger partial charge in [0.2, 0.25) is 5.82 Å². The lowest BCUT2D eigenvalue weighted by Crippen LogP contribution is -2.47. The highest BCUT2D eigenvalue weighted by molar-refractivity contribution is 5.91. The zero-order valence-corrected chi connectivity index (χ0v) is 17.7. The Labute approximate surface area is 176 Å². The van der Waals surface area contributed by atoms with Gasteiger partial charge in [-0.1, -0.05) is 17.7 Å². The highest BCUT2D eigenvalue weighted by Crippen LogP contribution is 2.22. The first-order valence-electron chi connectivity index (χ1n) is 9.46. The molecule has 3 heterocycles. The molecule has 0 unspecified atom stereocenters. The number of aromatic nitrogens is 4.